The number of carboxylic acids is 1. The lowest BCUT2D eigenvalue weighted by atomic mass is 9.88. The van der Waals surface area contributed by atoms with Gasteiger partial charge in [-0.25, -0.2) is 4.79 Å². The fourth-order valence-electron chi connectivity index (χ4n) is 3.53. The molecule has 0 heterocycles. The zero-order chi connectivity index (χ0) is 21.2. The Labute approximate surface area is 170 Å². The van der Waals surface area contributed by atoms with Crippen LogP contribution in [0, 0.1) is 11.3 Å². The predicted molar refractivity (Wildman–Crippen MR) is 114 cm³/mol. The Bertz CT molecular complexity index is 598. The third-order valence-corrected chi connectivity index (χ3v) is 5.35. The van der Waals surface area contributed by atoms with Crippen molar-refractivity contribution in [3.05, 3.63) is 35.4 Å². The molecule has 1 rings (SSSR count). The quantitative estimate of drug-likeness (QED) is 0.456. The Morgan fingerprint density at radius 1 is 0.929 bits per heavy atom. The first-order valence-corrected chi connectivity index (χ1v) is 10.6. The number of benzene rings is 1. The first kappa shape index (κ1) is 24.4. The molecule has 0 bridgehead atoms. The van der Waals surface area contributed by atoms with Gasteiger partial charge in [0, 0.05) is 5.92 Å². The van der Waals surface area contributed by atoms with Crippen molar-refractivity contribution in [2.75, 3.05) is 0 Å². The van der Waals surface area contributed by atoms with Crippen LogP contribution < -0.4 is 0 Å². The molecule has 2 N–H and O–H groups in total. The number of carbonyl (C=O) groups excluding carboxylic acids is 1. The molecule has 0 saturated carbocycles. The molecule has 0 saturated heterocycles. The van der Waals surface area contributed by atoms with Crippen molar-refractivity contribution < 1.29 is 19.8 Å². The molecule has 28 heavy (non-hydrogen) atoms. The molecular formula is C24H38O4. The molecule has 2 atom stereocenters. The molecule has 0 aliphatic rings. The van der Waals surface area contributed by atoms with Crippen LogP contribution in [0.25, 0.3) is 0 Å². The highest BCUT2D eigenvalue weighted by atomic mass is 16.4. The topological polar surface area (TPSA) is 74.6 Å². The normalized spacial score (nSPS) is 13.9. The number of ketones is 1. The van der Waals surface area contributed by atoms with Crippen molar-refractivity contribution in [2.45, 2.75) is 91.6 Å². The summed E-state index contributed by atoms with van der Waals surface area (Å²) in [4.78, 5) is 22.8. The number of carboxylic acid groups (broad SMARTS) is 1. The van der Waals surface area contributed by atoms with Crippen LogP contribution >= 0.6 is 0 Å². The number of carbonyl (C=O) groups is 2. The third kappa shape index (κ3) is 10.6. The summed E-state index contributed by atoms with van der Waals surface area (Å²) < 4.78 is 0. The lowest BCUT2D eigenvalue weighted by Crippen LogP contribution is -2.14. The van der Waals surface area contributed by atoms with Crippen LogP contribution in [-0.4, -0.2) is 28.1 Å². The van der Waals surface area contributed by atoms with Crippen molar-refractivity contribution in [1.82, 2.24) is 0 Å². The molecule has 2 unspecified atom stereocenters. The van der Waals surface area contributed by atoms with Crippen LogP contribution in [0.3, 0.4) is 0 Å². The van der Waals surface area contributed by atoms with Gasteiger partial charge >= 0.3 is 5.97 Å². The van der Waals surface area contributed by atoms with Gasteiger partial charge in [-0.1, -0.05) is 45.7 Å². The second kappa shape index (κ2) is 12.0. The maximum Gasteiger partial charge on any atom is 0.335 e. The van der Waals surface area contributed by atoms with Gasteiger partial charge in [0.25, 0.3) is 0 Å². The second-order valence-electron chi connectivity index (χ2n) is 9.24. The van der Waals surface area contributed by atoms with Gasteiger partial charge in [-0.15, -0.1) is 0 Å². The average Bonchev–Trinajstić information content (AvgIpc) is 2.59. The summed E-state index contributed by atoms with van der Waals surface area (Å²) in [6.45, 7) is 8.32. The van der Waals surface area contributed by atoms with Crippen molar-refractivity contribution in [2.24, 2.45) is 11.3 Å². The summed E-state index contributed by atoms with van der Waals surface area (Å²) in [7, 11) is 0. The van der Waals surface area contributed by atoms with E-state index in [1.54, 1.807) is 19.1 Å². The van der Waals surface area contributed by atoms with Crippen LogP contribution in [0.2, 0.25) is 0 Å². The van der Waals surface area contributed by atoms with Gasteiger partial charge < -0.3 is 10.2 Å². The second-order valence-corrected chi connectivity index (χ2v) is 9.24. The summed E-state index contributed by atoms with van der Waals surface area (Å²) in [5.74, 6) is -0.632. The highest BCUT2D eigenvalue weighted by Crippen LogP contribution is 2.24. The molecule has 1 aromatic rings. The van der Waals surface area contributed by atoms with Crippen molar-refractivity contribution in [3.63, 3.8) is 0 Å². The highest BCUT2D eigenvalue weighted by Gasteiger charge is 2.16. The fraction of sp³-hybridized carbons (Fsp3) is 0.667. The summed E-state index contributed by atoms with van der Waals surface area (Å²) in [6, 6.07) is 6.95. The summed E-state index contributed by atoms with van der Waals surface area (Å²) in [6.07, 6.45) is 7.83. The van der Waals surface area contributed by atoms with E-state index in [1.165, 1.54) is 0 Å². The molecule has 0 spiro atoms. The molecule has 0 aliphatic heterocycles. The predicted octanol–water partition coefficient (Wildman–Crippen LogP) is 5.66. The molecule has 0 fully saturated rings. The largest absolute Gasteiger partial charge is 0.478 e. The Morgan fingerprint density at radius 2 is 1.50 bits per heavy atom. The maximum absolute atomic E-state index is 11.9. The van der Waals surface area contributed by atoms with Gasteiger partial charge in [-0.3, -0.25) is 4.79 Å². The lowest BCUT2D eigenvalue weighted by molar-refractivity contribution is -0.121. The SMILES string of the molecule is CC(=O)C(CCCc1ccc(C(=O)O)cc1)CCCC(O)CCCC(C)(C)C. The highest BCUT2D eigenvalue weighted by molar-refractivity contribution is 5.87. The van der Waals surface area contributed by atoms with E-state index < -0.39 is 5.97 Å². The van der Waals surface area contributed by atoms with Crippen LogP contribution in [0.15, 0.2) is 24.3 Å². The van der Waals surface area contributed by atoms with Gasteiger partial charge in [0.2, 0.25) is 0 Å². The number of rotatable bonds is 13. The van der Waals surface area contributed by atoms with Crippen LogP contribution in [0.4, 0.5) is 0 Å². The Morgan fingerprint density at radius 3 is 2.04 bits per heavy atom. The van der Waals surface area contributed by atoms with Crippen LogP contribution in [0.5, 0.6) is 0 Å². The number of Topliss-reactive ketones (excluding diaryl/α,β-unsaturated/α-hetero) is 1. The zero-order valence-electron chi connectivity index (χ0n) is 18.0. The summed E-state index contributed by atoms with van der Waals surface area (Å²) >= 11 is 0. The zero-order valence-corrected chi connectivity index (χ0v) is 18.0. The van der Waals surface area contributed by atoms with Gasteiger partial charge in [-0.05, 0) is 75.0 Å². The standard InChI is InChI=1S/C24H38O4/c1-18(25)20(10-6-11-22(26)12-7-17-24(2,3)4)9-5-8-19-13-15-21(16-14-19)23(27)28/h13-16,20,22,26H,5-12,17H2,1-4H3,(H,27,28). The molecular weight excluding hydrogens is 352 g/mol. The molecule has 0 aromatic heterocycles. The molecule has 0 amide bonds. The minimum atomic E-state index is -0.913. The van der Waals surface area contributed by atoms with Crippen molar-refractivity contribution >= 4 is 11.8 Å². The first-order valence-electron chi connectivity index (χ1n) is 10.6. The van der Waals surface area contributed by atoms with E-state index in [0.29, 0.717) is 11.0 Å². The minimum Gasteiger partial charge on any atom is -0.478 e. The molecule has 158 valence electrons. The van der Waals surface area contributed by atoms with E-state index in [2.05, 4.69) is 20.8 Å². The Kier molecular flexibility index (Phi) is 10.4. The fourth-order valence-corrected chi connectivity index (χ4v) is 3.53. The number of hydrogen-bond acceptors (Lipinski definition) is 3. The molecule has 4 nitrogen and oxygen atoms in total. The summed E-state index contributed by atoms with van der Waals surface area (Å²) in [5, 5.41) is 19.1. The van der Waals surface area contributed by atoms with Gasteiger partial charge in [-0.2, -0.15) is 0 Å². The monoisotopic (exact) mass is 390 g/mol. The van der Waals surface area contributed by atoms with Gasteiger partial charge in [0.15, 0.2) is 0 Å². The smallest absolute Gasteiger partial charge is 0.335 e. The van der Waals surface area contributed by atoms with Crippen molar-refractivity contribution in [1.29, 1.82) is 0 Å². The number of aryl methyl sites for hydroxylation is 1. The van der Waals surface area contributed by atoms with Crippen molar-refractivity contribution in [3.8, 4) is 0 Å². The average molecular weight is 391 g/mol. The van der Waals surface area contributed by atoms with E-state index in [0.717, 1.165) is 63.4 Å². The van der Waals surface area contributed by atoms with E-state index in [9.17, 15) is 14.7 Å². The summed E-state index contributed by atoms with van der Waals surface area (Å²) in [5.41, 5.74) is 1.71. The minimum absolute atomic E-state index is 0.0556. The lowest BCUT2D eigenvalue weighted by Gasteiger charge is -2.19. The number of aromatic carboxylic acids is 1. The van der Waals surface area contributed by atoms with Gasteiger partial charge in [0.05, 0.1) is 11.7 Å². The number of aliphatic hydroxyl groups is 1. The molecule has 4 heteroatoms. The third-order valence-electron chi connectivity index (χ3n) is 5.35. The maximum atomic E-state index is 11.9. The van der Waals surface area contributed by atoms with E-state index in [4.69, 9.17) is 5.11 Å². The first-order chi connectivity index (χ1) is 13.1. The van der Waals surface area contributed by atoms with Gasteiger partial charge in [0.1, 0.15) is 5.78 Å². The molecule has 0 radical (unpaired) electrons. The molecule has 0 aliphatic carbocycles. The van der Waals surface area contributed by atoms with E-state index >= 15 is 0 Å². The van der Waals surface area contributed by atoms with E-state index in [1.807, 2.05) is 12.1 Å². The van der Waals surface area contributed by atoms with Crippen LogP contribution in [-0.2, 0) is 11.2 Å². The Hall–Kier alpha value is -1.68. The van der Waals surface area contributed by atoms with E-state index in [-0.39, 0.29) is 17.8 Å². The number of aliphatic hydroxyl groups excluding tert-OH is 1. The Balaban J connectivity index is 2.29. The van der Waals surface area contributed by atoms with Crippen LogP contribution in [0.1, 0.15) is 95.0 Å². The number of hydrogen-bond donors (Lipinski definition) is 2. The molecule has 1 aromatic carbocycles.